The Morgan fingerprint density at radius 1 is 0.971 bits per heavy atom. The Morgan fingerprint density at radius 2 is 1.63 bits per heavy atom. The number of carbonyl (C=O) groups is 1. The second-order valence-corrected chi connectivity index (χ2v) is 12.5. The first kappa shape index (κ1) is 28.7. The lowest BCUT2D eigenvalue weighted by atomic mass is 9.50. The van der Waals surface area contributed by atoms with Crippen LogP contribution in [0.3, 0.4) is 0 Å². The quantitative estimate of drug-likeness (QED) is 0.282. The van der Waals surface area contributed by atoms with E-state index in [9.17, 15) is 35.4 Å². The van der Waals surface area contributed by atoms with Crippen molar-refractivity contribution in [2.24, 2.45) is 52.3 Å². The van der Waals surface area contributed by atoms with Gasteiger partial charge in [0.25, 0.3) is 0 Å². The molecule has 0 aromatic carbocycles. The molecule has 0 bridgehead atoms. The van der Waals surface area contributed by atoms with Gasteiger partial charge in [0.1, 0.15) is 11.9 Å². The van der Waals surface area contributed by atoms with Crippen molar-refractivity contribution in [2.45, 2.75) is 91.1 Å². The fourth-order valence-corrected chi connectivity index (χ4v) is 7.87. The fourth-order valence-electron chi connectivity index (χ4n) is 7.87. The lowest BCUT2D eigenvalue weighted by Gasteiger charge is -2.56. The van der Waals surface area contributed by atoms with Crippen LogP contribution in [0.15, 0.2) is 12.2 Å². The molecule has 7 heteroatoms. The summed E-state index contributed by atoms with van der Waals surface area (Å²) in [6.07, 6.45) is 1.35. The van der Waals surface area contributed by atoms with Crippen LogP contribution in [0.4, 0.5) is 0 Å². The first-order valence-electron chi connectivity index (χ1n) is 13.5. The first-order valence-corrected chi connectivity index (χ1v) is 13.5. The van der Waals surface area contributed by atoms with Gasteiger partial charge in [-0.2, -0.15) is 0 Å². The Hall–Kier alpha value is -0.830. The summed E-state index contributed by atoms with van der Waals surface area (Å²) in [5.74, 6) is -0.373. The van der Waals surface area contributed by atoms with Crippen molar-refractivity contribution in [3.8, 4) is 0 Å². The molecule has 0 radical (unpaired) electrons. The Labute approximate surface area is 210 Å². The zero-order valence-electron chi connectivity index (χ0n) is 22.0. The van der Waals surface area contributed by atoms with Crippen LogP contribution >= 0.6 is 0 Å². The molecule has 0 unspecified atom stereocenters. The van der Waals surface area contributed by atoms with Crippen LogP contribution in [0.25, 0.3) is 0 Å². The number of aliphatic hydroxyl groups excluding tert-OH is 6. The number of hydrogen-bond donors (Lipinski definition) is 6. The predicted molar refractivity (Wildman–Crippen MR) is 133 cm³/mol. The summed E-state index contributed by atoms with van der Waals surface area (Å²) in [4.78, 5) is 14.1. The molecular weight excluding hydrogens is 448 g/mol. The summed E-state index contributed by atoms with van der Waals surface area (Å²) in [6, 6.07) is 0. The number of fused-ring (bicyclic) bond motifs is 1. The van der Waals surface area contributed by atoms with Crippen molar-refractivity contribution in [2.75, 3.05) is 13.2 Å². The molecule has 3 saturated carbocycles. The smallest absolute Gasteiger partial charge is 0.145 e. The molecule has 6 N–H and O–H groups in total. The molecule has 3 aliphatic rings. The number of Topliss-reactive ketones (excluding diaryl/α,β-unsaturated/α-hetero) is 1. The molecule has 0 aromatic heterocycles. The molecule has 12 atom stereocenters. The molecule has 0 amide bonds. The lowest BCUT2D eigenvalue weighted by molar-refractivity contribution is -0.216. The van der Waals surface area contributed by atoms with Gasteiger partial charge in [-0.1, -0.05) is 46.8 Å². The topological polar surface area (TPSA) is 138 Å². The molecule has 3 rings (SSSR count). The molecule has 0 aromatic rings. The second kappa shape index (κ2) is 10.9. The highest BCUT2D eigenvalue weighted by atomic mass is 16.4. The Bertz CT molecular complexity index is 768. The summed E-state index contributed by atoms with van der Waals surface area (Å²) in [5.41, 5.74) is -1.83. The van der Waals surface area contributed by atoms with E-state index in [2.05, 4.69) is 46.8 Å². The van der Waals surface area contributed by atoms with E-state index >= 15 is 0 Å². The SMILES string of the molecule is CC(C)[C@@H](C)/C=C/[C@@H](C)[C@H]1CC[C@@H]([C@@H]2C[C@@H](O)[C@H]3[C@H](O)[C@@H](O)[C@H](O)C[C@]3(CO)C2=O)[C@]1(C)CCO. The standard InChI is InChI=1S/C28H48O7/c1-15(2)16(3)6-7-17(4)19-8-9-20(27(19,5)10-11-29)18-12-21(31)23-25(34)24(33)22(32)13-28(23,14-30)26(18)35/h6-7,15-25,29-34H,8-14H2,1-5H3/b7-6+/t16-,17+,18-,19+,20-,21+,22+,23-,24-,25-,27+,28+/m0/s1. The van der Waals surface area contributed by atoms with Gasteiger partial charge in [-0.25, -0.2) is 0 Å². The maximum Gasteiger partial charge on any atom is 0.145 e. The Kier molecular flexibility index (Phi) is 8.93. The Morgan fingerprint density at radius 3 is 2.20 bits per heavy atom. The van der Waals surface area contributed by atoms with Crippen molar-refractivity contribution < 1.29 is 35.4 Å². The maximum atomic E-state index is 14.1. The van der Waals surface area contributed by atoms with E-state index in [0.717, 1.165) is 12.8 Å². The van der Waals surface area contributed by atoms with Crippen molar-refractivity contribution in [3.05, 3.63) is 12.2 Å². The summed E-state index contributed by atoms with van der Waals surface area (Å²) in [7, 11) is 0. The van der Waals surface area contributed by atoms with Crippen LogP contribution in [-0.2, 0) is 4.79 Å². The molecule has 3 fully saturated rings. The lowest BCUT2D eigenvalue weighted by Crippen LogP contribution is -2.67. The van der Waals surface area contributed by atoms with Gasteiger partial charge in [0.05, 0.1) is 30.3 Å². The highest BCUT2D eigenvalue weighted by Gasteiger charge is 2.65. The number of hydrogen-bond acceptors (Lipinski definition) is 7. The van der Waals surface area contributed by atoms with E-state index < -0.39 is 48.3 Å². The van der Waals surface area contributed by atoms with E-state index in [1.54, 1.807) is 0 Å². The van der Waals surface area contributed by atoms with Crippen LogP contribution < -0.4 is 0 Å². The highest BCUT2D eigenvalue weighted by Crippen LogP contribution is 2.60. The number of aliphatic hydroxyl groups is 6. The van der Waals surface area contributed by atoms with E-state index in [-0.39, 0.29) is 48.4 Å². The van der Waals surface area contributed by atoms with Crippen LogP contribution in [0.5, 0.6) is 0 Å². The monoisotopic (exact) mass is 496 g/mol. The number of ketones is 1. The number of rotatable bonds is 8. The van der Waals surface area contributed by atoms with Crippen molar-refractivity contribution >= 4 is 5.78 Å². The molecule has 202 valence electrons. The molecular formula is C28H48O7. The average Bonchev–Trinajstić information content (AvgIpc) is 3.14. The van der Waals surface area contributed by atoms with Crippen molar-refractivity contribution in [1.29, 1.82) is 0 Å². The zero-order chi connectivity index (χ0) is 26.3. The number of carbonyl (C=O) groups excluding carboxylic acids is 1. The molecule has 0 aliphatic heterocycles. The zero-order valence-corrected chi connectivity index (χ0v) is 22.0. The van der Waals surface area contributed by atoms with Crippen LogP contribution in [0.2, 0.25) is 0 Å². The molecule has 0 spiro atoms. The van der Waals surface area contributed by atoms with Crippen molar-refractivity contribution in [3.63, 3.8) is 0 Å². The normalized spacial score (nSPS) is 46.2. The molecule has 35 heavy (non-hydrogen) atoms. The summed E-state index contributed by atoms with van der Waals surface area (Å²) < 4.78 is 0. The highest BCUT2D eigenvalue weighted by molar-refractivity contribution is 5.89. The van der Waals surface area contributed by atoms with Gasteiger partial charge in [-0.15, -0.1) is 0 Å². The minimum absolute atomic E-state index is 0.00316. The summed E-state index contributed by atoms with van der Waals surface area (Å²) in [6.45, 7) is 10.4. The Balaban J connectivity index is 1.93. The van der Waals surface area contributed by atoms with Crippen LogP contribution in [0, 0.1) is 52.3 Å². The van der Waals surface area contributed by atoms with Gasteiger partial charge in [-0.05, 0) is 67.1 Å². The van der Waals surface area contributed by atoms with Crippen molar-refractivity contribution in [1.82, 2.24) is 0 Å². The third-order valence-electron chi connectivity index (χ3n) is 10.4. The first-order chi connectivity index (χ1) is 16.4. The maximum absolute atomic E-state index is 14.1. The number of allylic oxidation sites excluding steroid dienone is 2. The van der Waals surface area contributed by atoms with Crippen LogP contribution in [-0.4, -0.2) is 74.1 Å². The van der Waals surface area contributed by atoms with Crippen LogP contribution in [0.1, 0.15) is 66.7 Å². The van der Waals surface area contributed by atoms with E-state index in [1.807, 2.05) is 0 Å². The molecule has 7 nitrogen and oxygen atoms in total. The fraction of sp³-hybridized carbons (Fsp3) is 0.893. The van der Waals surface area contributed by atoms with Gasteiger partial charge in [0.2, 0.25) is 0 Å². The minimum Gasteiger partial charge on any atom is -0.396 e. The summed E-state index contributed by atoms with van der Waals surface area (Å²) in [5, 5.41) is 62.8. The molecule has 0 saturated heterocycles. The van der Waals surface area contributed by atoms with Gasteiger partial charge in [0.15, 0.2) is 0 Å². The van der Waals surface area contributed by atoms with Gasteiger partial charge >= 0.3 is 0 Å². The molecule has 0 heterocycles. The average molecular weight is 497 g/mol. The van der Waals surface area contributed by atoms with Gasteiger partial charge < -0.3 is 30.6 Å². The van der Waals surface area contributed by atoms with E-state index in [0.29, 0.717) is 18.3 Å². The second-order valence-electron chi connectivity index (χ2n) is 12.5. The largest absolute Gasteiger partial charge is 0.396 e. The third kappa shape index (κ3) is 4.89. The van der Waals surface area contributed by atoms with E-state index in [4.69, 9.17) is 0 Å². The predicted octanol–water partition coefficient (Wildman–Crippen LogP) is 1.92. The summed E-state index contributed by atoms with van der Waals surface area (Å²) >= 11 is 0. The van der Waals surface area contributed by atoms with E-state index in [1.165, 1.54) is 0 Å². The van der Waals surface area contributed by atoms with Gasteiger partial charge in [0, 0.05) is 18.4 Å². The van der Waals surface area contributed by atoms with Gasteiger partial charge in [-0.3, -0.25) is 4.79 Å². The minimum atomic E-state index is -1.49. The third-order valence-corrected chi connectivity index (χ3v) is 10.4. The molecule has 3 aliphatic carbocycles.